The van der Waals surface area contributed by atoms with E-state index in [1.54, 1.807) is 6.07 Å². The van der Waals surface area contributed by atoms with Crippen LogP contribution in [0.3, 0.4) is 0 Å². The van der Waals surface area contributed by atoms with E-state index >= 15 is 0 Å². The van der Waals surface area contributed by atoms with Crippen molar-refractivity contribution >= 4 is 52.4 Å². The molecule has 0 saturated heterocycles. The topological polar surface area (TPSA) is 53.6 Å². The van der Waals surface area contributed by atoms with E-state index in [0.29, 0.717) is 30.9 Å². The zero-order valence-electron chi connectivity index (χ0n) is 14.6. The molecule has 14 heteroatoms. The zero-order chi connectivity index (χ0) is 22.7. The predicted molar refractivity (Wildman–Crippen MR) is 104 cm³/mol. The third-order valence-electron chi connectivity index (χ3n) is 3.57. The Balaban J connectivity index is 2.65. The highest BCUT2D eigenvalue weighted by Gasteiger charge is 2.36. The summed E-state index contributed by atoms with van der Waals surface area (Å²) < 4.78 is 78.8. The van der Waals surface area contributed by atoms with E-state index in [1.807, 2.05) is 0 Å². The number of halogens is 9. The molecule has 0 fully saturated rings. The number of nitrogens with zero attached hydrogens (tertiary/aromatic N) is 3. The smallest absolute Gasteiger partial charge is 0.369 e. The van der Waals surface area contributed by atoms with Gasteiger partial charge in [-0.2, -0.15) is 36.7 Å². The highest BCUT2D eigenvalue weighted by atomic mass is 35.5. The van der Waals surface area contributed by atoms with Gasteiger partial charge in [0.15, 0.2) is 5.69 Å². The summed E-state index contributed by atoms with van der Waals surface area (Å²) in [6.07, 6.45) is -3.72. The van der Waals surface area contributed by atoms with Crippen molar-refractivity contribution < 1.29 is 26.3 Å². The molecule has 0 aliphatic rings. The number of alkyl halides is 7. The normalized spacial score (nSPS) is 12.1. The second-order valence-electron chi connectivity index (χ2n) is 5.71. The Labute approximate surface area is 186 Å². The van der Waals surface area contributed by atoms with Gasteiger partial charge in [-0.05, 0) is 36.7 Å². The number of anilines is 1. The van der Waals surface area contributed by atoms with E-state index in [2.05, 4.69) is 10.4 Å². The molecule has 164 valence electrons. The number of rotatable bonds is 7. The van der Waals surface area contributed by atoms with Crippen molar-refractivity contribution in [3.8, 4) is 11.8 Å². The summed E-state index contributed by atoms with van der Waals surface area (Å²) in [5.41, 5.74) is -6.78. The number of thioether (sulfide) groups is 1. The van der Waals surface area contributed by atoms with Crippen LogP contribution in [0.5, 0.6) is 0 Å². The van der Waals surface area contributed by atoms with Crippen LogP contribution in [0.4, 0.5) is 32.2 Å². The molecule has 0 radical (unpaired) electrons. The Morgan fingerprint density at radius 1 is 1.10 bits per heavy atom. The van der Waals surface area contributed by atoms with Gasteiger partial charge in [-0.1, -0.05) is 23.2 Å². The van der Waals surface area contributed by atoms with Gasteiger partial charge in [0.05, 0.1) is 20.5 Å². The highest BCUT2D eigenvalue weighted by molar-refractivity contribution is 8.00. The number of hydrogen-bond donors (Lipinski definition) is 1. The molecule has 1 aromatic heterocycles. The lowest BCUT2D eigenvalue weighted by Gasteiger charge is -2.16. The standard InChI is InChI=1S/C16H11Cl3F6N4S/c17-3-1-2-4-27-14-13(30-16(23,24)25)11(7-26)28-29(14)12-9(18)5-8(6-10(12)19)15(20,21)22/h5-6,27H,1-4H2. The molecule has 1 heterocycles. The van der Waals surface area contributed by atoms with Crippen molar-refractivity contribution in [2.24, 2.45) is 0 Å². The molecular weight excluding hydrogens is 501 g/mol. The molecule has 2 rings (SSSR count). The summed E-state index contributed by atoms with van der Waals surface area (Å²) in [6.45, 7) is 0.157. The molecule has 0 aliphatic heterocycles. The van der Waals surface area contributed by atoms with E-state index in [1.165, 1.54) is 0 Å². The van der Waals surface area contributed by atoms with Gasteiger partial charge in [0.25, 0.3) is 0 Å². The summed E-state index contributed by atoms with van der Waals surface area (Å²) in [5, 5.41) is 14.7. The first kappa shape index (κ1) is 24.8. The monoisotopic (exact) mass is 510 g/mol. The van der Waals surface area contributed by atoms with Crippen LogP contribution in [0.1, 0.15) is 24.1 Å². The van der Waals surface area contributed by atoms with Crippen LogP contribution in [0.15, 0.2) is 17.0 Å². The predicted octanol–water partition coefficient (Wildman–Crippen LogP) is 7.11. The lowest BCUT2D eigenvalue weighted by molar-refractivity contribution is -0.137. The second-order valence-corrected chi connectivity index (χ2v) is 7.97. The fourth-order valence-electron chi connectivity index (χ4n) is 2.36. The summed E-state index contributed by atoms with van der Waals surface area (Å²) in [5.74, 6) is 0.0532. The number of nitrogens with one attached hydrogen (secondary N) is 1. The van der Waals surface area contributed by atoms with E-state index in [0.717, 1.165) is 4.68 Å². The van der Waals surface area contributed by atoms with Crippen molar-refractivity contribution in [2.45, 2.75) is 29.4 Å². The van der Waals surface area contributed by atoms with Crippen LogP contribution in [0.2, 0.25) is 10.0 Å². The minimum Gasteiger partial charge on any atom is -0.369 e. The molecule has 0 aliphatic carbocycles. The summed E-state index contributed by atoms with van der Waals surface area (Å²) in [6, 6.07) is 2.69. The van der Waals surface area contributed by atoms with Gasteiger partial charge in [-0.3, -0.25) is 0 Å². The van der Waals surface area contributed by atoms with Crippen molar-refractivity contribution in [3.63, 3.8) is 0 Å². The minimum absolute atomic E-state index is 0.157. The lowest BCUT2D eigenvalue weighted by atomic mass is 10.2. The largest absolute Gasteiger partial charge is 0.446 e. The first-order valence-electron chi connectivity index (χ1n) is 8.04. The highest BCUT2D eigenvalue weighted by Crippen LogP contribution is 2.45. The SMILES string of the molecule is N#Cc1nn(-c2c(Cl)cc(C(F)(F)F)cc2Cl)c(NCCCCCl)c1SC(F)(F)F. The number of nitriles is 1. The minimum atomic E-state index is -4.75. The fraction of sp³-hybridized carbons (Fsp3) is 0.375. The second kappa shape index (κ2) is 9.77. The maximum atomic E-state index is 13.0. The maximum absolute atomic E-state index is 13.0. The lowest BCUT2D eigenvalue weighted by Crippen LogP contribution is -2.11. The van der Waals surface area contributed by atoms with Gasteiger partial charge < -0.3 is 5.32 Å². The van der Waals surface area contributed by atoms with E-state index in [-0.39, 0.29) is 18.1 Å². The fourth-order valence-corrected chi connectivity index (χ4v) is 3.87. The maximum Gasteiger partial charge on any atom is 0.446 e. The van der Waals surface area contributed by atoms with Crippen LogP contribution in [-0.2, 0) is 6.18 Å². The summed E-state index contributed by atoms with van der Waals surface area (Å²) >= 11 is 16.9. The molecule has 0 bridgehead atoms. The number of hydrogen-bond acceptors (Lipinski definition) is 4. The molecule has 1 aromatic carbocycles. The van der Waals surface area contributed by atoms with Gasteiger partial charge in [-0.25, -0.2) is 4.68 Å². The Kier molecular flexibility index (Phi) is 8.07. The van der Waals surface area contributed by atoms with Crippen molar-refractivity contribution in [3.05, 3.63) is 33.4 Å². The number of unbranched alkanes of at least 4 members (excludes halogenated alkanes) is 1. The molecule has 1 N–H and O–H groups in total. The van der Waals surface area contributed by atoms with E-state index in [9.17, 15) is 31.6 Å². The Morgan fingerprint density at radius 3 is 2.17 bits per heavy atom. The average molecular weight is 512 g/mol. The molecule has 4 nitrogen and oxygen atoms in total. The van der Waals surface area contributed by atoms with Crippen molar-refractivity contribution in [1.82, 2.24) is 9.78 Å². The van der Waals surface area contributed by atoms with Gasteiger partial charge in [0.2, 0.25) is 0 Å². The summed E-state index contributed by atoms with van der Waals surface area (Å²) in [4.78, 5) is -0.553. The first-order valence-corrected chi connectivity index (χ1v) is 10.1. The summed E-state index contributed by atoms with van der Waals surface area (Å²) in [7, 11) is 0. The molecule has 0 unspecified atom stereocenters. The molecule has 0 saturated carbocycles. The Hall–Kier alpha value is -1.48. The van der Waals surface area contributed by atoms with Crippen LogP contribution in [-0.4, -0.2) is 27.7 Å². The third-order valence-corrected chi connectivity index (χ3v) is 5.24. The molecule has 0 amide bonds. The average Bonchev–Trinajstić information content (AvgIpc) is 2.93. The zero-order valence-corrected chi connectivity index (χ0v) is 17.7. The first-order chi connectivity index (χ1) is 13.9. The quantitative estimate of drug-likeness (QED) is 0.186. The van der Waals surface area contributed by atoms with Crippen LogP contribution in [0, 0.1) is 11.3 Å². The number of benzene rings is 1. The molecule has 2 aromatic rings. The molecule has 0 atom stereocenters. The van der Waals surface area contributed by atoms with Crippen LogP contribution < -0.4 is 5.32 Å². The molecular formula is C16H11Cl3F6N4S. The van der Waals surface area contributed by atoms with Gasteiger partial charge in [-0.15, -0.1) is 11.6 Å². The van der Waals surface area contributed by atoms with Crippen molar-refractivity contribution in [1.29, 1.82) is 5.26 Å². The number of aromatic nitrogens is 2. The molecule has 30 heavy (non-hydrogen) atoms. The Bertz CT molecular complexity index is 929. The third kappa shape index (κ3) is 6.03. The van der Waals surface area contributed by atoms with Gasteiger partial charge >= 0.3 is 11.7 Å². The Morgan fingerprint density at radius 2 is 1.70 bits per heavy atom. The van der Waals surface area contributed by atoms with Gasteiger partial charge in [0.1, 0.15) is 17.6 Å². The van der Waals surface area contributed by atoms with Crippen molar-refractivity contribution in [2.75, 3.05) is 17.7 Å². The molecule has 0 spiro atoms. The van der Waals surface area contributed by atoms with Crippen LogP contribution in [0.25, 0.3) is 5.69 Å². The van der Waals surface area contributed by atoms with Crippen LogP contribution >= 0.6 is 46.6 Å². The van der Waals surface area contributed by atoms with E-state index in [4.69, 9.17) is 34.8 Å². The van der Waals surface area contributed by atoms with Gasteiger partial charge in [0, 0.05) is 12.4 Å². The van der Waals surface area contributed by atoms with E-state index < -0.39 is 49.6 Å².